The Kier molecular flexibility index (Phi) is 5.03. The third-order valence-corrected chi connectivity index (χ3v) is 5.38. The average molecular weight is 433 g/mol. The minimum atomic E-state index is -0.501. The van der Waals surface area contributed by atoms with Crippen LogP contribution in [-0.2, 0) is 14.3 Å². The number of hydrogen-bond donors (Lipinski definition) is 0. The maximum absolute atomic E-state index is 12.8. The Morgan fingerprint density at radius 1 is 1.15 bits per heavy atom. The second-order valence-corrected chi connectivity index (χ2v) is 7.33. The van der Waals surface area contributed by atoms with Crippen molar-refractivity contribution in [3.05, 3.63) is 64.9 Å². The van der Waals surface area contributed by atoms with Crippen molar-refractivity contribution in [1.29, 1.82) is 0 Å². The lowest BCUT2D eigenvalue weighted by molar-refractivity contribution is -0.132. The smallest absolute Gasteiger partial charge is 0.374 e. The number of fused-ring (bicyclic) bond motifs is 1. The van der Waals surface area contributed by atoms with Crippen LogP contribution in [0, 0.1) is 5.92 Å². The van der Waals surface area contributed by atoms with Gasteiger partial charge in [-0.2, -0.15) is 0 Å². The molecule has 0 spiro atoms. The van der Waals surface area contributed by atoms with Crippen LogP contribution in [0.15, 0.2) is 63.6 Å². The van der Waals surface area contributed by atoms with E-state index in [4.69, 9.17) is 18.6 Å². The standard InChI is InChI=1S/C20H17BrO6/c21-14-4-1-2-5-15(14)27-18-11-25-17-10-12(7-8-13(17)19(18)22)26-20(23)16-6-3-9-24-16/h1-6,9,11-13,17H,7-8,10H2. The highest BCUT2D eigenvalue weighted by atomic mass is 79.9. The summed E-state index contributed by atoms with van der Waals surface area (Å²) in [6, 6.07) is 10.5. The molecule has 0 N–H and O–H groups in total. The van der Waals surface area contributed by atoms with Gasteiger partial charge >= 0.3 is 5.97 Å². The third kappa shape index (κ3) is 3.78. The van der Waals surface area contributed by atoms with Crippen molar-refractivity contribution >= 4 is 27.7 Å². The molecule has 1 fully saturated rings. The van der Waals surface area contributed by atoms with Crippen LogP contribution in [0.4, 0.5) is 0 Å². The number of hydrogen-bond acceptors (Lipinski definition) is 6. The third-order valence-electron chi connectivity index (χ3n) is 4.73. The number of ether oxygens (including phenoxy) is 3. The molecule has 1 aromatic heterocycles. The molecule has 1 aliphatic carbocycles. The molecule has 27 heavy (non-hydrogen) atoms. The molecule has 6 nitrogen and oxygen atoms in total. The number of halogens is 1. The zero-order valence-electron chi connectivity index (χ0n) is 14.3. The first kappa shape index (κ1) is 17.9. The van der Waals surface area contributed by atoms with Gasteiger partial charge in [-0.15, -0.1) is 0 Å². The highest BCUT2D eigenvalue weighted by molar-refractivity contribution is 9.10. The number of Topliss-reactive ketones (excluding diaryl/α,β-unsaturated/α-hetero) is 1. The topological polar surface area (TPSA) is 75.0 Å². The van der Waals surface area contributed by atoms with Gasteiger partial charge in [0, 0.05) is 6.42 Å². The fourth-order valence-electron chi connectivity index (χ4n) is 3.36. The summed E-state index contributed by atoms with van der Waals surface area (Å²) in [6.45, 7) is 0. The van der Waals surface area contributed by atoms with E-state index in [-0.39, 0.29) is 35.4 Å². The predicted octanol–water partition coefficient (Wildman–Crippen LogP) is 4.26. The lowest BCUT2D eigenvalue weighted by Gasteiger charge is -2.36. The molecule has 0 bridgehead atoms. The van der Waals surface area contributed by atoms with Crippen molar-refractivity contribution in [1.82, 2.24) is 0 Å². The van der Waals surface area contributed by atoms with Crippen LogP contribution in [-0.4, -0.2) is 24.0 Å². The van der Waals surface area contributed by atoms with Gasteiger partial charge in [-0.05, 0) is 53.0 Å². The highest BCUT2D eigenvalue weighted by Gasteiger charge is 2.42. The zero-order valence-corrected chi connectivity index (χ0v) is 15.9. The van der Waals surface area contributed by atoms with Crippen LogP contribution in [0.3, 0.4) is 0 Å². The van der Waals surface area contributed by atoms with Crippen molar-refractivity contribution in [3.63, 3.8) is 0 Å². The number of carbonyl (C=O) groups excluding carboxylic acids is 2. The van der Waals surface area contributed by atoms with E-state index in [1.54, 1.807) is 18.2 Å². The summed E-state index contributed by atoms with van der Waals surface area (Å²) < 4.78 is 22.8. The van der Waals surface area contributed by atoms with Gasteiger partial charge in [-0.25, -0.2) is 4.79 Å². The second-order valence-electron chi connectivity index (χ2n) is 6.48. The number of ketones is 1. The van der Waals surface area contributed by atoms with Crippen molar-refractivity contribution in [2.24, 2.45) is 5.92 Å². The predicted molar refractivity (Wildman–Crippen MR) is 98.0 cm³/mol. The van der Waals surface area contributed by atoms with Crippen LogP contribution in [0.2, 0.25) is 0 Å². The van der Waals surface area contributed by atoms with Crippen LogP contribution in [0.1, 0.15) is 29.8 Å². The van der Waals surface area contributed by atoms with E-state index in [2.05, 4.69) is 15.9 Å². The fraction of sp³-hybridized carbons (Fsp3) is 0.300. The number of rotatable bonds is 4. The van der Waals surface area contributed by atoms with Crippen molar-refractivity contribution in [2.75, 3.05) is 0 Å². The largest absolute Gasteiger partial charge is 0.493 e. The van der Waals surface area contributed by atoms with E-state index in [1.165, 1.54) is 12.5 Å². The van der Waals surface area contributed by atoms with E-state index in [1.807, 2.05) is 18.2 Å². The Balaban J connectivity index is 1.40. The Bertz CT molecular complexity index is 872. The van der Waals surface area contributed by atoms with Crippen LogP contribution >= 0.6 is 15.9 Å². The minimum absolute atomic E-state index is 0.0854. The van der Waals surface area contributed by atoms with Gasteiger partial charge in [0.2, 0.25) is 17.3 Å². The molecule has 2 aromatic rings. The van der Waals surface area contributed by atoms with Crippen molar-refractivity contribution in [2.45, 2.75) is 31.5 Å². The first-order valence-corrected chi connectivity index (χ1v) is 9.48. The number of esters is 1. The first-order valence-electron chi connectivity index (χ1n) is 8.68. The Morgan fingerprint density at radius 3 is 2.78 bits per heavy atom. The van der Waals surface area contributed by atoms with E-state index in [0.29, 0.717) is 25.0 Å². The molecule has 0 saturated heterocycles. The average Bonchev–Trinajstić information content (AvgIpc) is 3.21. The lowest BCUT2D eigenvalue weighted by Crippen LogP contribution is -2.43. The molecule has 0 radical (unpaired) electrons. The van der Waals surface area contributed by atoms with Gasteiger partial charge in [0.1, 0.15) is 24.2 Å². The molecule has 1 saturated carbocycles. The van der Waals surface area contributed by atoms with Gasteiger partial charge in [0.25, 0.3) is 0 Å². The van der Waals surface area contributed by atoms with Crippen molar-refractivity contribution in [3.8, 4) is 5.75 Å². The zero-order chi connectivity index (χ0) is 18.8. The molecule has 2 heterocycles. The monoisotopic (exact) mass is 432 g/mol. The summed E-state index contributed by atoms with van der Waals surface area (Å²) in [6.07, 6.45) is 3.76. The molecule has 2 aliphatic rings. The number of allylic oxidation sites excluding steroid dienone is 1. The van der Waals surface area contributed by atoms with Gasteiger partial charge in [-0.3, -0.25) is 4.79 Å². The second kappa shape index (κ2) is 7.60. The highest BCUT2D eigenvalue weighted by Crippen LogP contribution is 2.36. The normalized spacial score (nSPS) is 24.4. The molecule has 4 rings (SSSR count). The maximum atomic E-state index is 12.8. The molecular weight excluding hydrogens is 416 g/mol. The first-order chi connectivity index (χ1) is 13.1. The molecule has 1 aromatic carbocycles. The van der Waals surface area contributed by atoms with Gasteiger partial charge < -0.3 is 18.6 Å². The van der Waals surface area contributed by atoms with Crippen molar-refractivity contribution < 1.29 is 28.2 Å². The Labute approximate surface area is 164 Å². The number of furan rings is 1. The van der Waals surface area contributed by atoms with E-state index in [0.717, 1.165) is 4.47 Å². The molecule has 140 valence electrons. The van der Waals surface area contributed by atoms with Crippen LogP contribution < -0.4 is 4.74 Å². The summed E-state index contributed by atoms with van der Waals surface area (Å²) in [4.78, 5) is 24.8. The molecule has 1 aliphatic heterocycles. The van der Waals surface area contributed by atoms with E-state index >= 15 is 0 Å². The Hall–Kier alpha value is -2.54. The van der Waals surface area contributed by atoms with E-state index < -0.39 is 5.97 Å². The van der Waals surface area contributed by atoms with Crippen LogP contribution in [0.25, 0.3) is 0 Å². The minimum Gasteiger partial charge on any atom is -0.493 e. The molecular formula is C20H17BrO6. The van der Waals surface area contributed by atoms with Gasteiger partial charge in [-0.1, -0.05) is 12.1 Å². The summed E-state index contributed by atoms with van der Waals surface area (Å²) in [5.74, 6) is 0.0270. The lowest BCUT2D eigenvalue weighted by atomic mass is 9.80. The molecule has 3 unspecified atom stereocenters. The number of carbonyl (C=O) groups is 2. The maximum Gasteiger partial charge on any atom is 0.374 e. The van der Waals surface area contributed by atoms with Crippen LogP contribution in [0.5, 0.6) is 5.75 Å². The fourth-order valence-corrected chi connectivity index (χ4v) is 3.73. The summed E-state index contributed by atoms with van der Waals surface area (Å²) in [5, 5.41) is 0. The quantitative estimate of drug-likeness (QED) is 0.671. The molecule has 3 atom stereocenters. The van der Waals surface area contributed by atoms with Gasteiger partial charge in [0.05, 0.1) is 16.7 Å². The summed E-state index contributed by atoms with van der Waals surface area (Å²) in [7, 11) is 0. The van der Waals surface area contributed by atoms with Gasteiger partial charge in [0.15, 0.2) is 0 Å². The van der Waals surface area contributed by atoms with E-state index in [9.17, 15) is 9.59 Å². The summed E-state index contributed by atoms with van der Waals surface area (Å²) in [5.41, 5.74) is 0. The molecule has 0 amide bonds. The summed E-state index contributed by atoms with van der Waals surface area (Å²) >= 11 is 3.40. The molecule has 7 heteroatoms. The number of benzene rings is 1. The number of para-hydroxylation sites is 1. The SMILES string of the molecule is O=C(OC1CCC2C(=O)C(Oc3ccccc3Br)=COC2C1)c1ccco1. The Morgan fingerprint density at radius 2 is 2.00 bits per heavy atom.